The molecule has 0 aromatic heterocycles. The number of esters is 1. The Kier molecular flexibility index (Phi) is 54.2. The number of rotatable bonds is 54. The smallest absolute Gasteiger partial charge is 0.456 e. The van der Waals surface area contributed by atoms with Crippen LogP contribution in [0.4, 0.5) is 0 Å². The maximum absolute atomic E-state index is 13.5. The van der Waals surface area contributed by atoms with Crippen LogP contribution in [-0.4, -0.2) is 74.3 Å². The van der Waals surface area contributed by atoms with E-state index in [2.05, 4.69) is 160 Å². The first-order valence-corrected chi connectivity index (χ1v) is 32.7. The minimum Gasteiger partial charge on any atom is -0.456 e. The van der Waals surface area contributed by atoms with E-state index in [-0.39, 0.29) is 25.5 Å². The van der Waals surface area contributed by atoms with Gasteiger partial charge in [0.25, 0.3) is 0 Å². The number of phosphoric ester groups is 1. The summed E-state index contributed by atoms with van der Waals surface area (Å²) >= 11 is 0. The molecule has 0 aromatic rings. The standard InChI is InChI=1S/C69H115N2O7P/c1-7-10-13-16-19-22-25-27-29-31-32-33-34-35-36-37-38-40-41-43-46-49-52-55-58-61-68(72)70-66(65-77-79(74,75)76-64-63-71(4,5)6)67(60-57-54-51-48-45-24-21-18-15-12-9-3)78-69(73)62-59-56-53-50-47-44-42-39-30-28-26-23-20-17-14-11-8-2/h10-11,13-14,19-20,22-23,27-30,32-33,35-36,38,40,42,44,50,53,57,60,66-67H,7-9,12,15-18,21,24-26,31,34,37,39,41,43,45-49,51-52,54-56,58-59,61-65H2,1-6H3,(H-,70,72,74,75)/p+1/b13-10-,14-11-,22-19-,23-20-,29-27-,30-28-,33-32-,36-35-,40-38-,44-42-,53-50-,60-57-. The highest BCUT2D eigenvalue weighted by molar-refractivity contribution is 7.47. The Morgan fingerprint density at radius 1 is 0.456 bits per heavy atom. The average Bonchev–Trinajstić information content (AvgIpc) is 3.41. The zero-order valence-corrected chi connectivity index (χ0v) is 51.9. The first-order valence-electron chi connectivity index (χ1n) is 31.2. The van der Waals surface area contributed by atoms with Gasteiger partial charge in [-0.3, -0.25) is 18.6 Å². The van der Waals surface area contributed by atoms with Crippen LogP contribution in [0, 0.1) is 0 Å². The summed E-state index contributed by atoms with van der Waals surface area (Å²) in [4.78, 5) is 37.7. The Balaban J connectivity index is 5.29. The first-order chi connectivity index (χ1) is 38.4. The third-order valence-corrected chi connectivity index (χ3v) is 13.8. The van der Waals surface area contributed by atoms with Crippen LogP contribution in [0.2, 0.25) is 0 Å². The zero-order valence-electron chi connectivity index (χ0n) is 51.1. The number of amides is 1. The van der Waals surface area contributed by atoms with Crippen molar-refractivity contribution >= 4 is 19.7 Å². The fourth-order valence-electron chi connectivity index (χ4n) is 8.04. The van der Waals surface area contributed by atoms with E-state index in [4.69, 9.17) is 13.8 Å². The van der Waals surface area contributed by atoms with E-state index >= 15 is 0 Å². The Hall–Kier alpha value is -4.11. The van der Waals surface area contributed by atoms with Crippen LogP contribution in [-0.2, 0) is 27.9 Å². The van der Waals surface area contributed by atoms with Gasteiger partial charge in [-0.1, -0.05) is 238 Å². The van der Waals surface area contributed by atoms with E-state index in [1.807, 2.05) is 33.3 Å². The van der Waals surface area contributed by atoms with Crippen molar-refractivity contribution in [2.45, 2.75) is 238 Å². The summed E-state index contributed by atoms with van der Waals surface area (Å²) in [6, 6.07) is -0.890. The molecule has 0 spiro atoms. The zero-order chi connectivity index (χ0) is 57.9. The van der Waals surface area contributed by atoms with Gasteiger partial charge in [0, 0.05) is 12.8 Å². The molecule has 10 heteroatoms. The summed E-state index contributed by atoms with van der Waals surface area (Å²) < 4.78 is 30.6. The highest BCUT2D eigenvalue weighted by Crippen LogP contribution is 2.43. The van der Waals surface area contributed by atoms with Crippen molar-refractivity contribution in [3.63, 3.8) is 0 Å². The summed E-state index contributed by atoms with van der Waals surface area (Å²) in [6.45, 7) is 6.70. The number of carbonyl (C=O) groups excluding carboxylic acids is 2. The molecule has 0 saturated heterocycles. The number of nitrogens with zero attached hydrogens (tertiary/aromatic N) is 1. The van der Waals surface area contributed by atoms with Crippen molar-refractivity contribution in [2.24, 2.45) is 0 Å². The number of carbonyl (C=O) groups is 2. The number of quaternary nitrogens is 1. The van der Waals surface area contributed by atoms with Crippen LogP contribution in [0.15, 0.2) is 146 Å². The lowest BCUT2D eigenvalue weighted by molar-refractivity contribution is -0.870. The molecule has 3 atom stereocenters. The fourth-order valence-corrected chi connectivity index (χ4v) is 8.77. The van der Waals surface area contributed by atoms with Gasteiger partial charge in [-0.05, 0) is 122 Å². The molecule has 9 nitrogen and oxygen atoms in total. The Bertz CT molecular complexity index is 1860. The number of hydrogen-bond acceptors (Lipinski definition) is 6. The number of phosphoric acid groups is 1. The van der Waals surface area contributed by atoms with Gasteiger partial charge in [-0.25, -0.2) is 4.57 Å². The molecule has 0 bridgehead atoms. The van der Waals surface area contributed by atoms with Crippen LogP contribution in [0.3, 0.4) is 0 Å². The largest absolute Gasteiger partial charge is 0.472 e. The number of ether oxygens (including phenoxy) is 1. The quantitative estimate of drug-likeness (QED) is 0.0205. The second-order valence-corrected chi connectivity index (χ2v) is 22.9. The highest BCUT2D eigenvalue weighted by atomic mass is 31.2. The molecule has 1 amide bonds. The molecule has 448 valence electrons. The van der Waals surface area contributed by atoms with Crippen molar-refractivity contribution in [3.8, 4) is 0 Å². The second-order valence-electron chi connectivity index (χ2n) is 21.5. The average molecular weight is 1120 g/mol. The maximum Gasteiger partial charge on any atom is 0.472 e. The second kappa shape index (κ2) is 57.1. The van der Waals surface area contributed by atoms with E-state index in [1.165, 1.54) is 44.9 Å². The molecule has 2 N–H and O–H groups in total. The van der Waals surface area contributed by atoms with Crippen LogP contribution in [0.1, 0.15) is 226 Å². The Morgan fingerprint density at radius 2 is 0.823 bits per heavy atom. The maximum atomic E-state index is 13.5. The normalized spacial score (nSPS) is 14.7. The van der Waals surface area contributed by atoms with Crippen LogP contribution < -0.4 is 5.32 Å². The molecule has 0 saturated carbocycles. The van der Waals surface area contributed by atoms with E-state index in [0.717, 1.165) is 135 Å². The predicted octanol–water partition coefficient (Wildman–Crippen LogP) is 19.4. The molecule has 0 radical (unpaired) electrons. The number of likely N-dealkylation sites (N-methyl/N-ethyl adjacent to an activating group) is 1. The predicted molar refractivity (Wildman–Crippen MR) is 341 cm³/mol. The van der Waals surface area contributed by atoms with Crippen LogP contribution >= 0.6 is 7.82 Å². The van der Waals surface area contributed by atoms with Gasteiger partial charge in [0.15, 0.2) is 0 Å². The summed E-state index contributed by atoms with van der Waals surface area (Å²) in [5.41, 5.74) is 0. The molecule has 0 aliphatic heterocycles. The minimum atomic E-state index is -4.48. The van der Waals surface area contributed by atoms with Gasteiger partial charge in [0.1, 0.15) is 19.3 Å². The van der Waals surface area contributed by atoms with E-state index in [0.29, 0.717) is 30.3 Å². The molecule has 79 heavy (non-hydrogen) atoms. The third kappa shape index (κ3) is 58.4. The summed E-state index contributed by atoms with van der Waals surface area (Å²) in [5, 5.41) is 3.03. The number of nitrogens with one attached hydrogen (secondary N) is 1. The van der Waals surface area contributed by atoms with Gasteiger partial charge in [-0.2, -0.15) is 0 Å². The summed E-state index contributed by atoms with van der Waals surface area (Å²) in [5.74, 6) is -0.603. The minimum absolute atomic E-state index is 0.0196. The van der Waals surface area contributed by atoms with Crippen LogP contribution in [0.5, 0.6) is 0 Å². The van der Waals surface area contributed by atoms with Gasteiger partial charge < -0.3 is 19.4 Å². The van der Waals surface area contributed by atoms with Crippen molar-refractivity contribution in [1.29, 1.82) is 0 Å². The molecule has 0 fully saturated rings. The lowest BCUT2D eigenvalue weighted by Gasteiger charge is -2.27. The van der Waals surface area contributed by atoms with Crippen molar-refractivity contribution < 1.29 is 37.3 Å². The topological polar surface area (TPSA) is 111 Å². The number of unbranched alkanes of at least 4 members (excludes halogenated alkanes) is 16. The molecular weight excluding hydrogens is 1000 g/mol. The van der Waals surface area contributed by atoms with Gasteiger partial charge in [0.2, 0.25) is 5.91 Å². The molecule has 0 heterocycles. The molecule has 0 rings (SSSR count). The lowest BCUT2D eigenvalue weighted by Crippen LogP contribution is -2.47. The summed E-state index contributed by atoms with van der Waals surface area (Å²) in [6.07, 6.45) is 82.9. The SMILES string of the molecule is CC/C=C\C/C=C\C/C=C\C/C=C\C/C=C\C/C=C\CCCCCCCCC(=O)NC(COP(=O)(O)OCC[N+](C)(C)C)C(/C=C\CCCCCCCCCCC)OC(=O)CCC/C=C\C/C=C\C/C=C\C/C=C\C/C=C\CC. The molecular formula is C69H116N2O7P+. The monoisotopic (exact) mass is 1120 g/mol. The van der Waals surface area contributed by atoms with Crippen molar-refractivity contribution in [3.05, 3.63) is 146 Å². The third-order valence-electron chi connectivity index (χ3n) is 12.8. The lowest BCUT2D eigenvalue weighted by atomic mass is 10.1. The van der Waals surface area contributed by atoms with Gasteiger partial charge >= 0.3 is 13.8 Å². The van der Waals surface area contributed by atoms with Crippen LogP contribution in [0.25, 0.3) is 0 Å². The van der Waals surface area contributed by atoms with E-state index in [1.54, 1.807) is 0 Å². The summed E-state index contributed by atoms with van der Waals surface area (Å²) in [7, 11) is 1.43. The fraction of sp³-hybridized carbons (Fsp3) is 0.623. The first kappa shape index (κ1) is 74.9. The number of allylic oxidation sites excluding steroid dienone is 23. The molecule has 0 aliphatic carbocycles. The number of hydrogen-bond donors (Lipinski definition) is 2. The Labute approximate surface area is 485 Å². The van der Waals surface area contributed by atoms with E-state index < -0.39 is 25.9 Å². The van der Waals surface area contributed by atoms with Crippen molar-refractivity contribution in [1.82, 2.24) is 5.32 Å². The molecule has 3 unspecified atom stereocenters. The molecule has 0 aliphatic rings. The van der Waals surface area contributed by atoms with E-state index in [9.17, 15) is 19.0 Å². The van der Waals surface area contributed by atoms with Crippen molar-refractivity contribution in [2.75, 3.05) is 40.9 Å². The highest BCUT2D eigenvalue weighted by Gasteiger charge is 2.30. The Morgan fingerprint density at radius 3 is 1.24 bits per heavy atom. The van der Waals surface area contributed by atoms with Gasteiger partial charge in [-0.15, -0.1) is 0 Å². The van der Waals surface area contributed by atoms with Gasteiger partial charge in [0.05, 0.1) is 33.8 Å². The molecule has 0 aromatic carbocycles.